The fourth-order valence-electron chi connectivity index (χ4n) is 4.22. The molecule has 1 aliphatic carbocycles. The molecule has 0 radical (unpaired) electrons. The Balaban J connectivity index is 1.71. The van der Waals surface area contributed by atoms with Crippen LogP contribution in [0.5, 0.6) is 0 Å². The van der Waals surface area contributed by atoms with Crippen LogP contribution in [0.15, 0.2) is 36.4 Å². The van der Waals surface area contributed by atoms with E-state index in [1.807, 2.05) is 24.3 Å². The monoisotopic (exact) mass is 420 g/mol. The van der Waals surface area contributed by atoms with Gasteiger partial charge in [-0.2, -0.15) is 13.2 Å². The fraction of sp³-hybridized carbons (Fsp3) is 0.440. The quantitative estimate of drug-likeness (QED) is 0.339. The molecule has 0 aromatic heterocycles. The third kappa shape index (κ3) is 5.84. The van der Waals surface area contributed by atoms with Crippen molar-refractivity contribution in [3.8, 4) is 23.0 Å². The Labute approximate surface area is 174 Å². The van der Waals surface area contributed by atoms with Crippen molar-refractivity contribution in [1.29, 1.82) is 0 Å². The zero-order valence-electron chi connectivity index (χ0n) is 17.0. The Hall–Kier alpha value is -2.35. The molecule has 0 N–H and O–H groups in total. The van der Waals surface area contributed by atoms with Crippen LogP contribution in [0.25, 0.3) is 11.1 Å². The lowest BCUT2D eigenvalue weighted by molar-refractivity contribution is -0.0696. The molecule has 0 nitrogen and oxygen atoms in total. The van der Waals surface area contributed by atoms with Gasteiger partial charge >= 0.3 is 6.18 Å². The summed E-state index contributed by atoms with van der Waals surface area (Å²) in [4.78, 5) is 0. The molecule has 0 amide bonds. The van der Waals surface area contributed by atoms with Gasteiger partial charge < -0.3 is 0 Å². The topological polar surface area (TPSA) is 0 Å². The minimum absolute atomic E-state index is 0.275. The number of alkyl halides is 3. The van der Waals surface area contributed by atoms with Gasteiger partial charge in [0.2, 0.25) is 0 Å². The predicted octanol–water partition coefficient (Wildman–Crippen LogP) is 8.01. The van der Waals surface area contributed by atoms with Gasteiger partial charge in [0.05, 0.1) is 5.56 Å². The van der Waals surface area contributed by atoms with Gasteiger partial charge in [-0.05, 0) is 66.3 Å². The van der Waals surface area contributed by atoms with Gasteiger partial charge in [0.25, 0.3) is 0 Å². The van der Waals surface area contributed by atoms with E-state index in [1.165, 1.54) is 37.7 Å². The lowest BCUT2D eigenvalue weighted by atomic mass is 9.77. The highest BCUT2D eigenvalue weighted by Crippen LogP contribution is 2.38. The molecule has 0 unspecified atom stereocenters. The van der Waals surface area contributed by atoms with Crippen molar-refractivity contribution >= 4 is 0 Å². The number of hydrogen-bond donors (Lipinski definition) is 0. The summed E-state index contributed by atoms with van der Waals surface area (Å²) in [7, 11) is 0. The lowest BCUT2D eigenvalue weighted by Crippen LogP contribution is -2.13. The van der Waals surface area contributed by atoms with Crippen molar-refractivity contribution in [1.82, 2.24) is 0 Å². The van der Waals surface area contributed by atoms with Crippen molar-refractivity contribution in [2.45, 2.75) is 64.0 Å². The van der Waals surface area contributed by atoms with Gasteiger partial charge in [-0.25, -0.2) is 8.78 Å². The van der Waals surface area contributed by atoms with Gasteiger partial charge in [0.1, 0.15) is 11.6 Å². The normalized spacial score (nSPS) is 19.3. The number of benzene rings is 2. The lowest BCUT2D eigenvalue weighted by Gasteiger charge is -2.29. The van der Waals surface area contributed by atoms with Crippen molar-refractivity contribution in [3.05, 3.63) is 59.2 Å². The van der Waals surface area contributed by atoms with E-state index in [0.717, 1.165) is 36.8 Å². The molecule has 1 saturated carbocycles. The standard InChI is InChI=1S/C25H25F5/c1-2-3-4-17-5-7-18(8-6-17)19-9-11-20(12-10-19)21-15-23(26)22(24(27)16-21)13-14-25(28,29)30/h9-12,15-18H,2-8H2,1H3. The molecule has 2 aromatic rings. The van der Waals surface area contributed by atoms with E-state index in [9.17, 15) is 22.0 Å². The third-order valence-electron chi connectivity index (χ3n) is 5.90. The molecule has 0 bridgehead atoms. The van der Waals surface area contributed by atoms with E-state index in [0.29, 0.717) is 11.5 Å². The minimum atomic E-state index is -4.80. The van der Waals surface area contributed by atoms with Crippen LogP contribution in [-0.2, 0) is 0 Å². The third-order valence-corrected chi connectivity index (χ3v) is 5.90. The molecule has 30 heavy (non-hydrogen) atoms. The summed E-state index contributed by atoms with van der Waals surface area (Å²) in [5, 5.41) is 0. The summed E-state index contributed by atoms with van der Waals surface area (Å²) < 4.78 is 64.9. The number of unbranched alkanes of at least 4 members (excludes halogenated alkanes) is 1. The smallest absolute Gasteiger partial charge is 0.205 e. The maximum Gasteiger partial charge on any atom is 0.458 e. The first-order chi connectivity index (χ1) is 14.3. The van der Waals surface area contributed by atoms with Crippen molar-refractivity contribution < 1.29 is 22.0 Å². The van der Waals surface area contributed by atoms with Crippen LogP contribution in [0.3, 0.4) is 0 Å². The van der Waals surface area contributed by atoms with Gasteiger partial charge in [0, 0.05) is 5.92 Å². The highest BCUT2D eigenvalue weighted by molar-refractivity contribution is 5.65. The second-order valence-electron chi connectivity index (χ2n) is 8.04. The molecule has 160 valence electrons. The molecular formula is C25H25F5. The van der Waals surface area contributed by atoms with E-state index < -0.39 is 23.4 Å². The van der Waals surface area contributed by atoms with Crippen LogP contribution in [0.2, 0.25) is 0 Å². The molecule has 0 saturated heterocycles. The summed E-state index contributed by atoms with van der Waals surface area (Å²) in [6.07, 6.45) is 3.82. The Kier molecular flexibility index (Phi) is 7.18. The van der Waals surface area contributed by atoms with Gasteiger partial charge in [-0.3, -0.25) is 0 Å². The second-order valence-corrected chi connectivity index (χ2v) is 8.04. The highest BCUT2D eigenvalue weighted by atomic mass is 19.4. The number of rotatable bonds is 5. The maximum atomic E-state index is 14.2. The van der Waals surface area contributed by atoms with Crippen LogP contribution < -0.4 is 0 Å². The maximum absolute atomic E-state index is 14.2. The molecule has 0 heterocycles. The highest BCUT2D eigenvalue weighted by Gasteiger charge is 2.24. The average Bonchev–Trinajstić information content (AvgIpc) is 2.71. The zero-order chi connectivity index (χ0) is 21.7. The summed E-state index contributed by atoms with van der Waals surface area (Å²) in [5.74, 6) is 1.58. The molecule has 0 spiro atoms. The first-order valence-electron chi connectivity index (χ1n) is 10.5. The Morgan fingerprint density at radius 3 is 2.03 bits per heavy atom. The second kappa shape index (κ2) is 9.64. The largest absolute Gasteiger partial charge is 0.458 e. The van der Waals surface area contributed by atoms with E-state index >= 15 is 0 Å². The summed E-state index contributed by atoms with van der Waals surface area (Å²) >= 11 is 0. The van der Waals surface area contributed by atoms with Gasteiger partial charge in [-0.1, -0.05) is 56.4 Å². The Morgan fingerprint density at radius 2 is 1.50 bits per heavy atom. The Morgan fingerprint density at radius 1 is 0.900 bits per heavy atom. The molecule has 0 aliphatic heterocycles. The first-order valence-corrected chi connectivity index (χ1v) is 10.5. The van der Waals surface area contributed by atoms with Crippen molar-refractivity contribution in [2.24, 2.45) is 5.92 Å². The zero-order valence-corrected chi connectivity index (χ0v) is 17.0. The van der Waals surface area contributed by atoms with Gasteiger partial charge in [0.15, 0.2) is 0 Å². The first kappa shape index (κ1) is 22.3. The molecule has 1 fully saturated rings. The fourth-order valence-corrected chi connectivity index (χ4v) is 4.22. The van der Waals surface area contributed by atoms with Crippen LogP contribution in [0, 0.1) is 29.4 Å². The molecule has 0 atom stereocenters. The van der Waals surface area contributed by atoms with Crippen LogP contribution >= 0.6 is 0 Å². The van der Waals surface area contributed by atoms with Crippen LogP contribution in [-0.4, -0.2) is 6.18 Å². The summed E-state index contributed by atoms with van der Waals surface area (Å²) in [6, 6.07) is 9.65. The molecular weight excluding hydrogens is 395 g/mol. The molecule has 1 aliphatic rings. The molecule has 2 aromatic carbocycles. The summed E-state index contributed by atoms with van der Waals surface area (Å²) in [6.45, 7) is 2.22. The number of halogens is 5. The van der Waals surface area contributed by atoms with E-state index in [1.54, 1.807) is 5.92 Å². The van der Waals surface area contributed by atoms with Crippen LogP contribution in [0.1, 0.15) is 68.9 Å². The van der Waals surface area contributed by atoms with Gasteiger partial charge in [-0.15, -0.1) is 0 Å². The SMILES string of the molecule is CCCCC1CCC(c2ccc(-c3cc(F)c(C#CC(F)(F)F)c(F)c3)cc2)CC1. The predicted molar refractivity (Wildman–Crippen MR) is 109 cm³/mol. The van der Waals surface area contributed by atoms with E-state index in [2.05, 4.69) is 6.92 Å². The molecule has 5 heteroatoms. The Bertz CT molecular complexity index is 884. The van der Waals surface area contributed by atoms with E-state index in [-0.39, 0.29) is 5.56 Å². The number of hydrogen-bond acceptors (Lipinski definition) is 0. The van der Waals surface area contributed by atoms with Crippen LogP contribution in [0.4, 0.5) is 22.0 Å². The average molecular weight is 420 g/mol. The minimum Gasteiger partial charge on any atom is -0.205 e. The molecule has 3 rings (SSSR count). The van der Waals surface area contributed by atoms with Crippen molar-refractivity contribution in [2.75, 3.05) is 0 Å². The van der Waals surface area contributed by atoms with E-state index in [4.69, 9.17) is 0 Å². The summed E-state index contributed by atoms with van der Waals surface area (Å²) in [5.41, 5.74) is 1.25. The van der Waals surface area contributed by atoms with Crippen molar-refractivity contribution in [3.63, 3.8) is 0 Å².